The number of aliphatic hydroxyl groups excluding tert-OH is 2. The maximum Gasteiger partial charge on any atom is 0.335 e. The third kappa shape index (κ3) is 42.5. The van der Waals surface area contributed by atoms with Crippen LogP contribution in [0.15, 0.2) is 85.1 Å². The number of esters is 3. The first-order chi connectivity index (χ1) is 37.6. The van der Waals surface area contributed by atoms with Gasteiger partial charge in [0.25, 0.3) is 0 Å². The summed E-state index contributed by atoms with van der Waals surface area (Å²) in [4.78, 5) is 51.2. The van der Waals surface area contributed by atoms with Gasteiger partial charge in [-0.3, -0.25) is 14.4 Å². The van der Waals surface area contributed by atoms with E-state index < -0.39 is 67.3 Å². The lowest BCUT2D eigenvalue weighted by atomic mass is 9.98. The summed E-state index contributed by atoms with van der Waals surface area (Å²) in [5.41, 5.74) is 0. The number of carboxylic acids is 1. The highest BCUT2D eigenvalue weighted by molar-refractivity contribution is 5.74. The Hall–Kier alpha value is -4.10. The van der Waals surface area contributed by atoms with Gasteiger partial charge in [-0.15, -0.1) is 0 Å². The molecule has 0 saturated carbocycles. The van der Waals surface area contributed by atoms with Crippen LogP contribution in [0.2, 0.25) is 0 Å². The molecule has 1 heterocycles. The Morgan fingerprint density at radius 2 is 0.818 bits per heavy atom. The molecule has 0 aliphatic carbocycles. The van der Waals surface area contributed by atoms with Gasteiger partial charge in [-0.25, -0.2) is 4.79 Å². The van der Waals surface area contributed by atoms with E-state index >= 15 is 0 Å². The SMILES string of the molecule is CC/C=C\C/C=C\C/C=C\CCCCCCCCCC(=O)OCC(COC1OC(C(=O)O)C(O)C(O)C1OC(=O)CCCCCCCCC/C=C\C/C=C\C/C=C\CC)OC(=O)CCCCCCC/C=C\CCCCCC. The highest BCUT2D eigenvalue weighted by Crippen LogP contribution is 2.26. The van der Waals surface area contributed by atoms with Crippen LogP contribution in [0.1, 0.15) is 252 Å². The van der Waals surface area contributed by atoms with E-state index in [0.29, 0.717) is 19.3 Å². The van der Waals surface area contributed by atoms with E-state index in [1.165, 1.54) is 32.1 Å². The van der Waals surface area contributed by atoms with E-state index in [4.69, 9.17) is 23.7 Å². The fourth-order valence-corrected chi connectivity index (χ4v) is 8.80. The fourth-order valence-electron chi connectivity index (χ4n) is 8.80. The fraction of sp³-hybridized carbons (Fsp3) is 0.723. The van der Waals surface area contributed by atoms with Gasteiger partial charge in [0.2, 0.25) is 0 Å². The molecular weight excluding hydrogens is 973 g/mol. The maximum absolute atomic E-state index is 13.1. The first kappa shape index (κ1) is 70.9. The van der Waals surface area contributed by atoms with E-state index in [2.05, 4.69) is 106 Å². The number of allylic oxidation sites excluding steroid dienone is 14. The van der Waals surface area contributed by atoms with Gasteiger partial charge < -0.3 is 39.0 Å². The molecule has 0 radical (unpaired) electrons. The molecule has 440 valence electrons. The van der Waals surface area contributed by atoms with Gasteiger partial charge in [0, 0.05) is 19.3 Å². The molecule has 0 amide bonds. The molecule has 77 heavy (non-hydrogen) atoms. The van der Waals surface area contributed by atoms with Crippen LogP contribution in [0.3, 0.4) is 0 Å². The third-order valence-electron chi connectivity index (χ3n) is 13.4. The number of ether oxygens (including phenoxy) is 5. The summed E-state index contributed by atoms with van der Waals surface area (Å²) in [6.45, 7) is 5.75. The molecular formula is C65H108O12. The van der Waals surface area contributed by atoms with Crippen LogP contribution < -0.4 is 0 Å². The van der Waals surface area contributed by atoms with Crippen LogP contribution in [-0.2, 0) is 42.9 Å². The second kappa shape index (κ2) is 52.6. The van der Waals surface area contributed by atoms with Crippen LogP contribution in [-0.4, -0.2) is 89.2 Å². The summed E-state index contributed by atoms with van der Waals surface area (Å²) < 4.78 is 28.4. The van der Waals surface area contributed by atoms with Crippen molar-refractivity contribution in [1.29, 1.82) is 0 Å². The second-order valence-electron chi connectivity index (χ2n) is 20.6. The van der Waals surface area contributed by atoms with Gasteiger partial charge in [-0.2, -0.15) is 0 Å². The van der Waals surface area contributed by atoms with Crippen molar-refractivity contribution in [3.8, 4) is 0 Å². The number of aliphatic carboxylic acids is 1. The quantitative estimate of drug-likeness (QED) is 0.0228. The van der Waals surface area contributed by atoms with E-state index in [1.54, 1.807) is 0 Å². The molecule has 0 spiro atoms. The van der Waals surface area contributed by atoms with E-state index in [-0.39, 0.29) is 25.9 Å². The zero-order valence-electron chi connectivity index (χ0n) is 48.4. The van der Waals surface area contributed by atoms with E-state index in [1.807, 2.05) is 0 Å². The zero-order chi connectivity index (χ0) is 56.1. The molecule has 1 rings (SSSR count). The Kier molecular flexibility index (Phi) is 48.4. The Morgan fingerprint density at radius 3 is 1.26 bits per heavy atom. The van der Waals surface area contributed by atoms with Crippen molar-refractivity contribution >= 4 is 23.9 Å². The molecule has 0 aromatic carbocycles. The largest absolute Gasteiger partial charge is 0.479 e. The average Bonchev–Trinajstić information content (AvgIpc) is 3.42. The molecule has 3 N–H and O–H groups in total. The van der Waals surface area contributed by atoms with Gasteiger partial charge in [0.1, 0.15) is 18.8 Å². The van der Waals surface area contributed by atoms with Gasteiger partial charge in [0.05, 0.1) is 6.61 Å². The summed E-state index contributed by atoms with van der Waals surface area (Å²) in [6.07, 6.45) is 55.4. The second-order valence-corrected chi connectivity index (χ2v) is 20.6. The van der Waals surface area contributed by atoms with Crippen molar-refractivity contribution in [2.24, 2.45) is 0 Å². The number of carboxylic acid groups (broad SMARTS) is 1. The maximum atomic E-state index is 13.1. The monoisotopic (exact) mass is 1080 g/mol. The summed E-state index contributed by atoms with van der Waals surface area (Å²) in [5.74, 6) is -3.15. The Morgan fingerprint density at radius 1 is 0.442 bits per heavy atom. The van der Waals surface area contributed by atoms with Crippen molar-refractivity contribution in [1.82, 2.24) is 0 Å². The Labute approximate surface area is 467 Å². The van der Waals surface area contributed by atoms with E-state index in [0.717, 1.165) is 161 Å². The van der Waals surface area contributed by atoms with Crippen LogP contribution in [0, 0.1) is 0 Å². The summed E-state index contributed by atoms with van der Waals surface area (Å²) >= 11 is 0. The Balaban J connectivity index is 2.68. The molecule has 12 heteroatoms. The van der Waals surface area contributed by atoms with Crippen molar-refractivity contribution < 1.29 is 58.2 Å². The van der Waals surface area contributed by atoms with Crippen LogP contribution in [0.25, 0.3) is 0 Å². The third-order valence-corrected chi connectivity index (χ3v) is 13.4. The summed E-state index contributed by atoms with van der Waals surface area (Å²) in [5, 5.41) is 31.5. The van der Waals surface area contributed by atoms with Crippen molar-refractivity contribution in [3.05, 3.63) is 85.1 Å². The number of hydrogen-bond acceptors (Lipinski definition) is 11. The standard InChI is InChI=1S/C65H108O12/c1-4-7-10-13-16-19-22-25-27-29-31-34-36-39-42-45-48-51-57(66)73-54-56(75-58(67)52-49-46-43-40-37-33-24-21-18-15-12-9-6-3)55-74-65-63(61(70)60(69)62(77-65)64(71)72)76-59(68)53-50-47-44-41-38-35-32-30-28-26-23-20-17-14-11-8-5-2/h7-8,10-11,16-17,19-21,24-28,56,60-63,65,69-70H,4-6,9,12-15,18,22-23,29-55H2,1-3H3,(H,71,72)/b10-7-,11-8-,19-16-,20-17-,24-21-,27-25-,28-26-. The van der Waals surface area contributed by atoms with Crippen LogP contribution in [0.5, 0.6) is 0 Å². The van der Waals surface area contributed by atoms with E-state index in [9.17, 15) is 34.5 Å². The Bertz CT molecular complexity index is 1660. The van der Waals surface area contributed by atoms with Crippen LogP contribution >= 0.6 is 0 Å². The molecule has 1 saturated heterocycles. The number of carbonyl (C=O) groups is 4. The molecule has 0 aromatic heterocycles. The van der Waals surface area contributed by atoms with Gasteiger partial charge >= 0.3 is 23.9 Å². The normalized spacial score (nSPS) is 18.6. The minimum Gasteiger partial charge on any atom is -0.479 e. The predicted molar refractivity (Wildman–Crippen MR) is 312 cm³/mol. The lowest BCUT2D eigenvalue weighted by Crippen LogP contribution is -2.61. The molecule has 0 aromatic rings. The molecule has 6 atom stereocenters. The molecule has 6 unspecified atom stereocenters. The number of hydrogen-bond donors (Lipinski definition) is 3. The minimum absolute atomic E-state index is 0.0448. The number of rotatable bonds is 51. The molecule has 1 aliphatic rings. The lowest BCUT2D eigenvalue weighted by Gasteiger charge is -2.40. The predicted octanol–water partition coefficient (Wildman–Crippen LogP) is 15.9. The van der Waals surface area contributed by atoms with Gasteiger partial charge in [-0.05, 0) is 109 Å². The highest BCUT2D eigenvalue weighted by atomic mass is 16.7. The lowest BCUT2D eigenvalue weighted by molar-refractivity contribution is -0.301. The zero-order valence-corrected chi connectivity index (χ0v) is 48.4. The molecule has 1 aliphatic heterocycles. The smallest absolute Gasteiger partial charge is 0.335 e. The average molecular weight is 1080 g/mol. The van der Waals surface area contributed by atoms with Crippen molar-refractivity contribution in [2.75, 3.05) is 13.2 Å². The van der Waals surface area contributed by atoms with Crippen molar-refractivity contribution in [2.45, 2.75) is 289 Å². The van der Waals surface area contributed by atoms with Gasteiger partial charge in [-0.1, -0.05) is 209 Å². The molecule has 1 fully saturated rings. The van der Waals surface area contributed by atoms with Gasteiger partial charge in [0.15, 0.2) is 24.6 Å². The van der Waals surface area contributed by atoms with Crippen molar-refractivity contribution in [3.63, 3.8) is 0 Å². The first-order valence-corrected chi connectivity index (χ1v) is 30.6. The number of unbranched alkanes of at least 4 members (excludes halogenated alkanes) is 23. The summed E-state index contributed by atoms with van der Waals surface area (Å²) in [6, 6.07) is 0. The van der Waals surface area contributed by atoms with Crippen LogP contribution in [0.4, 0.5) is 0 Å². The topological polar surface area (TPSA) is 175 Å². The highest BCUT2D eigenvalue weighted by Gasteiger charge is 2.50. The minimum atomic E-state index is -1.91. The molecule has 12 nitrogen and oxygen atoms in total. The number of aliphatic hydroxyl groups is 2. The molecule has 0 bridgehead atoms. The summed E-state index contributed by atoms with van der Waals surface area (Å²) in [7, 11) is 0. The number of carbonyl (C=O) groups excluding carboxylic acids is 3. The first-order valence-electron chi connectivity index (χ1n) is 30.6.